The van der Waals surface area contributed by atoms with Gasteiger partial charge in [0.1, 0.15) is 11.2 Å². The summed E-state index contributed by atoms with van der Waals surface area (Å²) >= 11 is 0. The maximum Gasteiger partial charge on any atom is 0.144 e. The molecule has 0 aliphatic heterocycles. The molecule has 3 unspecified atom stereocenters. The molecule has 2 heteroatoms. The number of fused-ring (bicyclic) bond motifs is 10. The molecule has 57 heavy (non-hydrogen) atoms. The van der Waals surface area contributed by atoms with Gasteiger partial charge in [-0.15, -0.1) is 0 Å². The fourth-order valence-corrected chi connectivity index (χ4v) is 10.2. The molecule has 0 N–H and O–H groups in total. The van der Waals surface area contributed by atoms with Crippen molar-refractivity contribution >= 4 is 44.1 Å². The van der Waals surface area contributed by atoms with E-state index in [1.54, 1.807) is 0 Å². The van der Waals surface area contributed by atoms with Crippen LogP contribution in [-0.2, 0) is 5.41 Å². The first-order chi connectivity index (χ1) is 28.0. The lowest BCUT2D eigenvalue weighted by molar-refractivity contribution is 0.637. The molecule has 4 aliphatic carbocycles. The molecule has 0 spiro atoms. The van der Waals surface area contributed by atoms with Crippen LogP contribution in [0, 0.1) is 5.92 Å². The molecule has 4 aliphatic rings. The molecule has 0 saturated heterocycles. The zero-order valence-electron chi connectivity index (χ0n) is 32.5. The number of furan rings is 1. The van der Waals surface area contributed by atoms with E-state index >= 15 is 0 Å². The average Bonchev–Trinajstić information content (AvgIpc) is 3.77. The highest BCUT2D eigenvalue weighted by Gasteiger charge is 2.41. The van der Waals surface area contributed by atoms with E-state index < -0.39 is 0 Å². The van der Waals surface area contributed by atoms with Crippen molar-refractivity contribution in [2.75, 3.05) is 4.90 Å². The van der Waals surface area contributed by atoms with Crippen LogP contribution >= 0.6 is 0 Å². The minimum absolute atomic E-state index is 0.0959. The van der Waals surface area contributed by atoms with Crippen molar-refractivity contribution in [3.8, 4) is 22.3 Å². The van der Waals surface area contributed by atoms with E-state index in [0.29, 0.717) is 5.92 Å². The summed E-state index contributed by atoms with van der Waals surface area (Å²) in [7, 11) is 0. The molecule has 0 bridgehead atoms. The Morgan fingerprint density at radius 1 is 0.649 bits per heavy atom. The Kier molecular flexibility index (Phi) is 7.96. The Balaban J connectivity index is 1.12. The molecule has 3 atom stereocenters. The van der Waals surface area contributed by atoms with Crippen LogP contribution in [0.3, 0.4) is 0 Å². The highest BCUT2D eigenvalue weighted by atomic mass is 16.3. The number of allylic oxidation sites excluding steroid dienone is 9. The van der Waals surface area contributed by atoms with Gasteiger partial charge in [-0.1, -0.05) is 160 Å². The third-order valence-electron chi connectivity index (χ3n) is 13.0. The normalized spacial score (nSPS) is 20.3. The van der Waals surface area contributed by atoms with E-state index in [9.17, 15) is 0 Å². The number of anilines is 2. The summed E-state index contributed by atoms with van der Waals surface area (Å²) in [5.41, 5.74) is 14.3. The maximum atomic E-state index is 7.12. The maximum absolute atomic E-state index is 7.12. The van der Waals surface area contributed by atoms with Gasteiger partial charge in [0.2, 0.25) is 0 Å². The Morgan fingerprint density at radius 3 is 2.25 bits per heavy atom. The molecule has 1 aromatic heterocycles. The summed E-state index contributed by atoms with van der Waals surface area (Å²) in [5, 5.41) is 4.91. The van der Waals surface area contributed by atoms with Gasteiger partial charge in [-0.05, 0) is 105 Å². The number of nitrogens with zero attached hydrogens (tertiary/aromatic N) is 1. The summed E-state index contributed by atoms with van der Waals surface area (Å²) in [6.07, 6.45) is 28.5. The molecule has 6 aromatic carbocycles. The molecular weight excluding hydrogens is 691 g/mol. The second-order valence-electron chi connectivity index (χ2n) is 16.6. The Morgan fingerprint density at radius 2 is 1.44 bits per heavy atom. The molecule has 7 aromatic rings. The van der Waals surface area contributed by atoms with Gasteiger partial charge < -0.3 is 9.32 Å². The molecule has 0 saturated carbocycles. The third-order valence-corrected chi connectivity index (χ3v) is 13.0. The number of hydrogen-bond acceptors (Lipinski definition) is 2. The van der Waals surface area contributed by atoms with Crippen LogP contribution < -0.4 is 4.90 Å². The van der Waals surface area contributed by atoms with Gasteiger partial charge in [-0.3, -0.25) is 0 Å². The predicted octanol–water partition coefficient (Wildman–Crippen LogP) is 14.8. The van der Waals surface area contributed by atoms with Crippen LogP contribution in [0.2, 0.25) is 0 Å². The van der Waals surface area contributed by atoms with Crippen LogP contribution in [0.1, 0.15) is 55.7 Å². The molecule has 0 radical (unpaired) electrons. The van der Waals surface area contributed by atoms with Crippen molar-refractivity contribution < 1.29 is 4.42 Å². The summed E-state index contributed by atoms with van der Waals surface area (Å²) < 4.78 is 7.12. The lowest BCUT2D eigenvalue weighted by atomic mass is 9.79. The number of rotatable bonds is 6. The van der Waals surface area contributed by atoms with Gasteiger partial charge in [0, 0.05) is 45.0 Å². The van der Waals surface area contributed by atoms with E-state index in [1.807, 2.05) is 0 Å². The van der Waals surface area contributed by atoms with Gasteiger partial charge in [0.25, 0.3) is 0 Å². The van der Waals surface area contributed by atoms with Crippen LogP contribution in [0.5, 0.6) is 0 Å². The Hall–Kier alpha value is -6.38. The zero-order chi connectivity index (χ0) is 38.1. The summed E-state index contributed by atoms with van der Waals surface area (Å²) in [6, 6.07) is 43.0. The summed E-state index contributed by atoms with van der Waals surface area (Å²) in [6.45, 7) is 4.79. The monoisotopic (exact) mass is 735 g/mol. The standard InChI is InChI=1S/C55H45NO/c1-55(2)48-33-31-42(56(41-29-26-38(27-30-41)36-16-6-3-7-17-36)49-25-15-14-22-43(49)39-20-10-5-11-21-39)35-47(48)52-53(55)45-24-13-12-23-44(45)51-46-32-28-40(34-50(46)57-54(51)52)37-18-8-4-9-19-37/h3-4,6-10,12-16,18-36,43,49H,5,11,17H2,1-2H3. The van der Waals surface area contributed by atoms with Crippen molar-refractivity contribution in [2.45, 2.75) is 50.5 Å². The molecule has 11 rings (SSSR count). The van der Waals surface area contributed by atoms with Crippen LogP contribution in [-0.4, -0.2) is 6.04 Å². The predicted molar refractivity (Wildman–Crippen MR) is 240 cm³/mol. The van der Waals surface area contributed by atoms with Crippen LogP contribution in [0.15, 0.2) is 192 Å². The van der Waals surface area contributed by atoms with Crippen LogP contribution in [0.25, 0.3) is 55.0 Å². The fraction of sp³-hybridized carbons (Fsp3) is 0.164. The molecule has 2 nitrogen and oxygen atoms in total. The first-order valence-corrected chi connectivity index (χ1v) is 20.6. The highest BCUT2D eigenvalue weighted by molar-refractivity contribution is 6.25. The first kappa shape index (κ1) is 33.9. The average molecular weight is 736 g/mol. The minimum atomic E-state index is -0.229. The van der Waals surface area contributed by atoms with Gasteiger partial charge in [0.15, 0.2) is 0 Å². The molecule has 0 fully saturated rings. The van der Waals surface area contributed by atoms with E-state index in [0.717, 1.165) is 41.4 Å². The number of hydrogen-bond donors (Lipinski definition) is 0. The van der Waals surface area contributed by atoms with Crippen LogP contribution in [0.4, 0.5) is 11.4 Å². The first-order valence-electron chi connectivity index (χ1n) is 20.6. The third kappa shape index (κ3) is 5.46. The summed E-state index contributed by atoms with van der Waals surface area (Å²) in [4.78, 5) is 2.59. The smallest absolute Gasteiger partial charge is 0.144 e. The lowest BCUT2D eigenvalue weighted by Crippen LogP contribution is -2.37. The second kappa shape index (κ2) is 13.4. The lowest BCUT2D eigenvalue weighted by Gasteiger charge is -2.38. The van der Waals surface area contributed by atoms with E-state index in [-0.39, 0.29) is 17.4 Å². The van der Waals surface area contributed by atoms with Crippen molar-refractivity contribution in [3.63, 3.8) is 0 Å². The van der Waals surface area contributed by atoms with E-state index in [2.05, 4.69) is 201 Å². The Bertz CT molecular complexity index is 2910. The zero-order valence-corrected chi connectivity index (χ0v) is 32.5. The van der Waals surface area contributed by atoms with Crippen molar-refractivity contribution in [1.82, 2.24) is 0 Å². The van der Waals surface area contributed by atoms with Gasteiger partial charge >= 0.3 is 0 Å². The summed E-state index contributed by atoms with van der Waals surface area (Å²) in [5.74, 6) is 0.628. The SMILES string of the molecule is CC1(C)c2ccc(N(c3ccc(C4C=CC=CC4)cc3)C3C=CC=CC3C3=CCCC=C3)cc2-c2c1c1ccccc1c1c2oc2cc(-c3ccccc3)ccc21. The van der Waals surface area contributed by atoms with Crippen molar-refractivity contribution in [2.24, 2.45) is 5.92 Å². The topological polar surface area (TPSA) is 16.4 Å². The largest absolute Gasteiger partial charge is 0.455 e. The molecular formula is C55H45NO. The van der Waals surface area contributed by atoms with Crippen molar-refractivity contribution in [1.29, 1.82) is 0 Å². The van der Waals surface area contributed by atoms with Gasteiger partial charge in [0.05, 0.1) is 6.04 Å². The van der Waals surface area contributed by atoms with E-state index in [4.69, 9.17) is 4.42 Å². The molecule has 0 amide bonds. The Labute approximate surface area is 335 Å². The molecule has 276 valence electrons. The highest BCUT2D eigenvalue weighted by Crippen LogP contribution is 2.57. The quantitative estimate of drug-likeness (QED) is 0.169. The minimum Gasteiger partial charge on any atom is -0.455 e. The number of benzene rings is 6. The second-order valence-corrected chi connectivity index (χ2v) is 16.6. The molecule has 1 heterocycles. The van der Waals surface area contributed by atoms with Gasteiger partial charge in [-0.25, -0.2) is 0 Å². The fourth-order valence-electron chi connectivity index (χ4n) is 10.2. The van der Waals surface area contributed by atoms with E-state index in [1.165, 1.54) is 66.5 Å². The van der Waals surface area contributed by atoms with Crippen molar-refractivity contribution in [3.05, 3.63) is 204 Å². The van der Waals surface area contributed by atoms with Gasteiger partial charge in [-0.2, -0.15) is 0 Å².